The van der Waals surface area contributed by atoms with Crippen molar-refractivity contribution in [2.45, 2.75) is 0 Å². The van der Waals surface area contributed by atoms with Gasteiger partial charge in [0.1, 0.15) is 5.82 Å². The lowest BCUT2D eigenvalue weighted by Gasteiger charge is -2.10. The molecule has 0 aliphatic carbocycles. The highest BCUT2D eigenvalue weighted by Crippen LogP contribution is 2.27. The molecule has 1 aromatic carbocycles. The first-order chi connectivity index (χ1) is 9.66. The average Bonchev–Trinajstić information content (AvgIpc) is 2.91. The maximum atomic E-state index is 13.6. The molecule has 0 saturated carbocycles. The molecular formula is C14H10ClFN4. The fraction of sp³-hybridized carbons (Fsp3) is 0. The van der Waals surface area contributed by atoms with E-state index in [4.69, 9.17) is 17.3 Å². The Labute approximate surface area is 119 Å². The van der Waals surface area contributed by atoms with Crippen LogP contribution in [0.15, 0.2) is 49.2 Å². The minimum atomic E-state index is -0.483. The molecule has 0 aliphatic rings. The number of nitrogen functional groups attached to an aromatic ring is 1. The summed E-state index contributed by atoms with van der Waals surface area (Å²) in [6.07, 6.45) is 6.50. The molecule has 0 atom stereocenters. The number of aromatic nitrogens is 3. The van der Waals surface area contributed by atoms with E-state index in [1.165, 1.54) is 12.1 Å². The number of benzene rings is 1. The lowest BCUT2D eigenvalue weighted by atomic mass is 10.2. The molecule has 0 amide bonds. The molecule has 0 fully saturated rings. The third kappa shape index (κ3) is 2.12. The quantitative estimate of drug-likeness (QED) is 0.787. The summed E-state index contributed by atoms with van der Waals surface area (Å²) in [5, 5.41) is 0.0799. The molecule has 6 heteroatoms. The maximum Gasteiger partial charge on any atom is 0.143 e. The van der Waals surface area contributed by atoms with E-state index in [9.17, 15) is 4.39 Å². The number of rotatable bonds is 2. The van der Waals surface area contributed by atoms with Crippen molar-refractivity contribution in [3.05, 3.63) is 60.0 Å². The van der Waals surface area contributed by atoms with Crippen molar-refractivity contribution in [1.82, 2.24) is 14.5 Å². The van der Waals surface area contributed by atoms with Crippen molar-refractivity contribution in [3.63, 3.8) is 0 Å². The number of hydrogen-bond acceptors (Lipinski definition) is 3. The van der Waals surface area contributed by atoms with Crippen LogP contribution in [-0.2, 0) is 0 Å². The Hall–Kier alpha value is -2.40. The number of nitrogens with zero attached hydrogens (tertiary/aromatic N) is 3. The van der Waals surface area contributed by atoms with E-state index in [2.05, 4.69) is 9.97 Å². The molecule has 2 aromatic heterocycles. The van der Waals surface area contributed by atoms with Crippen LogP contribution >= 0.6 is 11.6 Å². The molecular weight excluding hydrogens is 279 g/mol. The van der Waals surface area contributed by atoms with E-state index in [0.717, 1.165) is 11.3 Å². The van der Waals surface area contributed by atoms with E-state index in [-0.39, 0.29) is 5.02 Å². The molecule has 3 aromatic rings. The van der Waals surface area contributed by atoms with E-state index >= 15 is 0 Å². The Morgan fingerprint density at radius 1 is 1.15 bits per heavy atom. The number of halogens is 2. The first-order valence-corrected chi connectivity index (χ1v) is 6.22. The number of pyridine rings is 1. The summed E-state index contributed by atoms with van der Waals surface area (Å²) in [4.78, 5) is 8.14. The Bertz CT molecular complexity index is 769. The van der Waals surface area contributed by atoms with E-state index < -0.39 is 5.82 Å². The molecule has 2 N–H and O–H groups in total. The summed E-state index contributed by atoms with van der Waals surface area (Å²) in [7, 11) is 0. The Morgan fingerprint density at radius 3 is 2.75 bits per heavy atom. The second-order valence-electron chi connectivity index (χ2n) is 4.21. The van der Waals surface area contributed by atoms with Gasteiger partial charge < -0.3 is 5.73 Å². The topological polar surface area (TPSA) is 56.7 Å². The van der Waals surface area contributed by atoms with Crippen molar-refractivity contribution in [3.8, 4) is 16.9 Å². The highest BCUT2D eigenvalue weighted by atomic mass is 35.5. The van der Waals surface area contributed by atoms with Gasteiger partial charge >= 0.3 is 0 Å². The first kappa shape index (κ1) is 12.6. The molecule has 0 spiro atoms. The van der Waals surface area contributed by atoms with Gasteiger partial charge in [-0.3, -0.25) is 9.55 Å². The highest BCUT2D eigenvalue weighted by molar-refractivity contribution is 6.30. The lowest BCUT2D eigenvalue weighted by molar-refractivity contribution is 0.627. The van der Waals surface area contributed by atoms with Crippen LogP contribution in [0.2, 0.25) is 5.02 Å². The fourth-order valence-corrected chi connectivity index (χ4v) is 2.07. The summed E-state index contributed by atoms with van der Waals surface area (Å²) >= 11 is 5.69. The molecule has 3 rings (SSSR count). The molecule has 20 heavy (non-hydrogen) atoms. The molecule has 0 unspecified atom stereocenters. The zero-order chi connectivity index (χ0) is 14.1. The van der Waals surface area contributed by atoms with Crippen molar-refractivity contribution in [2.75, 3.05) is 5.73 Å². The van der Waals surface area contributed by atoms with Crippen LogP contribution in [0.4, 0.5) is 10.1 Å². The van der Waals surface area contributed by atoms with Crippen LogP contribution in [-0.4, -0.2) is 14.5 Å². The van der Waals surface area contributed by atoms with Crippen LogP contribution in [0.5, 0.6) is 0 Å². The number of hydrogen-bond donors (Lipinski definition) is 1. The normalized spacial score (nSPS) is 10.7. The third-order valence-corrected chi connectivity index (χ3v) is 3.26. The molecule has 0 saturated heterocycles. The van der Waals surface area contributed by atoms with Gasteiger partial charge in [-0.05, 0) is 24.3 Å². The standard InChI is InChI=1S/C14H10ClFN4/c15-11-2-1-9(5-12(11)16)20-8-19-7-14(20)10-6-18-4-3-13(10)17/h1-8H,(H2,17,18). The Kier molecular flexibility index (Phi) is 3.12. The SMILES string of the molecule is Nc1ccncc1-c1cncn1-c1ccc(Cl)c(F)c1. The molecule has 0 aliphatic heterocycles. The smallest absolute Gasteiger partial charge is 0.143 e. The second kappa shape index (κ2) is 4.94. The van der Waals surface area contributed by atoms with Gasteiger partial charge in [-0.25, -0.2) is 9.37 Å². The summed E-state index contributed by atoms with van der Waals surface area (Å²) in [6.45, 7) is 0. The van der Waals surface area contributed by atoms with Gasteiger partial charge in [-0.2, -0.15) is 0 Å². The number of imidazole rings is 1. The van der Waals surface area contributed by atoms with Gasteiger partial charge in [-0.15, -0.1) is 0 Å². The number of anilines is 1. The predicted octanol–water partition coefficient (Wildman–Crippen LogP) is 3.31. The maximum absolute atomic E-state index is 13.6. The van der Waals surface area contributed by atoms with Crippen molar-refractivity contribution >= 4 is 17.3 Å². The zero-order valence-electron chi connectivity index (χ0n) is 10.3. The summed E-state index contributed by atoms with van der Waals surface area (Å²) in [5.74, 6) is -0.483. The van der Waals surface area contributed by atoms with Crippen LogP contribution in [0.1, 0.15) is 0 Å². The molecule has 100 valence electrons. The second-order valence-corrected chi connectivity index (χ2v) is 4.62. The van der Waals surface area contributed by atoms with Gasteiger partial charge in [0, 0.05) is 23.6 Å². The van der Waals surface area contributed by atoms with Gasteiger partial charge in [0.2, 0.25) is 0 Å². The first-order valence-electron chi connectivity index (χ1n) is 5.84. The van der Waals surface area contributed by atoms with Gasteiger partial charge in [0.15, 0.2) is 0 Å². The van der Waals surface area contributed by atoms with E-state index in [1.54, 1.807) is 41.6 Å². The summed E-state index contributed by atoms with van der Waals surface area (Å²) in [5.41, 5.74) is 8.60. The molecule has 0 bridgehead atoms. The van der Waals surface area contributed by atoms with Crippen LogP contribution < -0.4 is 5.73 Å². The molecule has 4 nitrogen and oxygen atoms in total. The van der Waals surface area contributed by atoms with Gasteiger partial charge in [0.25, 0.3) is 0 Å². The lowest BCUT2D eigenvalue weighted by Crippen LogP contribution is -1.99. The van der Waals surface area contributed by atoms with Gasteiger partial charge in [0.05, 0.1) is 28.9 Å². The molecule has 0 radical (unpaired) electrons. The largest absolute Gasteiger partial charge is 0.398 e. The highest BCUT2D eigenvalue weighted by Gasteiger charge is 2.11. The summed E-state index contributed by atoms with van der Waals surface area (Å²) < 4.78 is 15.3. The zero-order valence-corrected chi connectivity index (χ0v) is 11.0. The predicted molar refractivity (Wildman–Crippen MR) is 76.2 cm³/mol. The van der Waals surface area contributed by atoms with Gasteiger partial charge in [-0.1, -0.05) is 11.6 Å². The minimum Gasteiger partial charge on any atom is -0.398 e. The van der Waals surface area contributed by atoms with E-state index in [1.807, 2.05) is 0 Å². The third-order valence-electron chi connectivity index (χ3n) is 2.95. The fourth-order valence-electron chi connectivity index (χ4n) is 1.95. The molecule has 2 heterocycles. The Balaban J connectivity index is 2.15. The van der Waals surface area contributed by atoms with E-state index in [0.29, 0.717) is 11.4 Å². The average molecular weight is 289 g/mol. The van der Waals surface area contributed by atoms with Crippen molar-refractivity contribution in [1.29, 1.82) is 0 Å². The van der Waals surface area contributed by atoms with Crippen molar-refractivity contribution in [2.24, 2.45) is 0 Å². The monoisotopic (exact) mass is 288 g/mol. The van der Waals surface area contributed by atoms with Crippen molar-refractivity contribution < 1.29 is 4.39 Å². The van der Waals surface area contributed by atoms with Crippen LogP contribution in [0.25, 0.3) is 16.9 Å². The van der Waals surface area contributed by atoms with Crippen LogP contribution in [0.3, 0.4) is 0 Å². The number of nitrogens with two attached hydrogens (primary N) is 1. The summed E-state index contributed by atoms with van der Waals surface area (Å²) in [6, 6.07) is 6.26. The minimum absolute atomic E-state index is 0.0799. The Morgan fingerprint density at radius 2 is 2.00 bits per heavy atom. The van der Waals surface area contributed by atoms with Crippen LogP contribution in [0, 0.1) is 5.82 Å².